The Labute approximate surface area is 124 Å². The third-order valence-corrected chi connectivity index (χ3v) is 2.77. The third kappa shape index (κ3) is 4.66. The zero-order valence-corrected chi connectivity index (χ0v) is 13.0. The van der Waals surface area contributed by atoms with Crippen molar-refractivity contribution in [3.63, 3.8) is 0 Å². The molecule has 21 heavy (non-hydrogen) atoms. The molecule has 0 saturated carbocycles. The van der Waals surface area contributed by atoms with Gasteiger partial charge in [-0.1, -0.05) is 12.1 Å². The maximum atomic E-state index is 12.2. The maximum absolute atomic E-state index is 12.2. The largest absolute Gasteiger partial charge is 0.452 e. The summed E-state index contributed by atoms with van der Waals surface area (Å²) in [5.41, 5.74) is 6.29. The number of anilines is 1. The molecule has 0 bridgehead atoms. The molecule has 2 N–H and O–H groups in total. The fourth-order valence-corrected chi connectivity index (χ4v) is 1.72. The number of benzene rings is 1. The Bertz CT molecular complexity index is 505. The van der Waals surface area contributed by atoms with E-state index in [-0.39, 0.29) is 0 Å². The Morgan fingerprint density at radius 3 is 2.10 bits per heavy atom. The summed E-state index contributed by atoms with van der Waals surface area (Å²) in [7, 11) is 1.22. The maximum Gasteiger partial charge on any atom is 0.420 e. The van der Waals surface area contributed by atoms with Crippen LogP contribution in [0.2, 0.25) is 0 Å². The number of carbonyl (C=O) groups excluding carboxylic acids is 2. The smallest absolute Gasteiger partial charge is 0.420 e. The highest BCUT2D eigenvalue weighted by Crippen LogP contribution is 2.24. The minimum absolute atomic E-state index is 0.534. The number of nitrogen functional groups attached to an aromatic ring is 1. The molecule has 2 amide bonds. The number of amides is 2. The van der Waals surface area contributed by atoms with Gasteiger partial charge in [0.25, 0.3) is 0 Å². The van der Waals surface area contributed by atoms with Crippen LogP contribution in [-0.2, 0) is 9.47 Å². The lowest BCUT2D eigenvalue weighted by Crippen LogP contribution is -2.42. The van der Waals surface area contributed by atoms with Crippen LogP contribution in [0.5, 0.6) is 0 Å². The monoisotopic (exact) mass is 294 g/mol. The van der Waals surface area contributed by atoms with Crippen LogP contribution in [0.1, 0.15) is 39.3 Å². The molecule has 0 heterocycles. The molecule has 1 atom stereocenters. The Morgan fingerprint density at radius 2 is 1.67 bits per heavy atom. The van der Waals surface area contributed by atoms with Crippen LogP contribution < -0.4 is 5.73 Å². The Kier molecular flexibility index (Phi) is 5.18. The summed E-state index contributed by atoms with van der Waals surface area (Å²) in [6.07, 6.45) is -1.52. The van der Waals surface area contributed by atoms with E-state index in [1.807, 2.05) is 0 Å². The first kappa shape index (κ1) is 16.8. The molecule has 0 radical (unpaired) electrons. The SMILES string of the molecule is COC(=O)N(C(=O)OC(C)(C)C)C(C)c1ccc(N)cc1. The number of hydrogen-bond acceptors (Lipinski definition) is 5. The summed E-state index contributed by atoms with van der Waals surface area (Å²) in [5.74, 6) is 0. The van der Waals surface area contributed by atoms with E-state index in [1.54, 1.807) is 52.0 Å². The fourth-order valence-electron chi connectivity index (χ4n) is 1.72. The van der Waals surface area contributed by atoms with Crippen molar-refractivity contribution in [1.82, 2.24) is 4.90 Å². The molecular weight excluding hydrogens is 272 g/mol. The second-order valence-corrected chi connectivity index (χ2v) is 5.66. The van der Waals surface area contributed by atoms with Crippen molar-refractivity contribution in [3.05, 3.63) is 29.8 Å². The summed E-state index contributed by atoms with van der Waals surface area (Å²) in [5, 5.41) is 0. The topological polar surface area (TPSA) is 81.9 Å². The van der Waals surface area contributed by atoms with Crippen LogP contribution >= 0.6 is 0 Å². The summed E-state index contributed by atoms with van der Waals surface area (Å²) in [4.78, 5) is 25.1. The minimum atomic E-state index is -0.770. The molecule has 1 aromatic rings. The number of nitrogens with zero attached hydrogens (tertiary/aromatic N) is 1. The number of nitrogens with two attached hydrogens (primary N) is 1. The van der Waals surface area contributed by atoms with Crippen LogP contribution in [0.15, 0.2) is 24.3 Å². The summed E-state index contributed by atoms with van der Waals surface area (Å²) in [6, 6.07) is 6.38. The first-order valence-electron chi connectivity index (χ1n) is 6.61. The standard InChI is InChI=1S/C15H22N2O4/c1-10(11-6-8-12(16)9-7-11)17(13(18)20-5)14(19)21-15(2,3)4/h6-10H,16H2,1-5H3. The van der Waals surface area contributed by atoms with Gasteiger partial charge in [0, 0.05) is 5.69 Å². The molecule has 6 heteroatoms. The third-order valence-electron chi connectivity index (χ3n) is 2.77. The minimum Gasteiger partial charge on any atom is -0.452 e. The van der Waals surface area contributed by atoms with E-state index in [1.165, 1.54) is 7.11 Å². The van der Waals surface area contributed by atoms with E-state index in [2.05, 4.69) is 4.74 Å². The van der Waals surface area contributed by atoms with E-state index in [0.29, 0.717) is 5.69 Å². The van der Waals surface area contributed by atoms with E-state index >= 15 is 0 Å². The van der Waals surface area contributed by atoms with Gasteiger partial charge in [0.1, 0.15) is 5.60 Å². The molecule has 0 fully saturated rings. The molecule has 1 rings (SSSR count). The predicted molar refractivity (Wildman–Crippen MR) is 79.7 cm³/mol. The lowest BCUT2D eigenvalue weighted by molar-refractivity contribution is 0.0175. The first-order valence-corrected chi connectivity index (χ1v) is 6.61. The number of methoxy groups -OCH3 is 1. The van der Waals surface area contributed by atoms with E-state index in [4.69, 9.17) is 10.5 Å². The summed E-state index contributed by atoms with van der Waals surface area (Å²) >= 11 is 0. The molecule has 0 aliphatic heterocycles. The van der Waals surface area contributed by atoms with Gasteiger partial charge >= 0.3 is 12.2 Å². The Morgan fingerprint density at radius 1 is 1.14 bits per heavy atom. The van der Waals surface area contributed by atoms with Gasteiger partial charge in [-0.15, -0.1) is 0 Å². The molecule has 0 aliphatic carbocycles. The first-order chi connectivity index (χ1) is 9.65. The van der Waals surface area contributed by atoms with Gasteiger partial charge in [-0.05, 0) is 45.4 Å². The highest BCUT2D eigenvalue weighted by Gasteiger charge is 2.32. The molecule has 116 valence electrons. The Balaban J connectivity index is 3.04. The van der Waals surface area contributed by atoms with Crippen LogP contribution in [0.25, 0.3) is 0 Å². The lowest BCUT2D eigenvalue weighted by atomic mass is 10.1. The van der Waals surface area contributed by atoms with Gasteiger partial charge in [0.05, 0.1) is 13.2 Å². The number of ether oxygens (including phenoxy) is 2. The van der Waals surface area contributed by atoms with Crippen molar-refractivity contribution in [2.45, 2.75) is 39.3 Å². The molecular formula is C15H22N2O4. The molecule has 1 unspecified atom stereocenters. The van der Waals surface area contributed by atoms with Crippen LogP contribution in [0.3, 0.4) is 0 Å². The number of carbonyl (C=O) groups is 2. The summed E-state index contributed by atoms with van der Waals surface area (Å²) in [6.45, 7) is 6.91. The van der Waals surface area contributed by atoms with E-state index < -0.39 is 23.8 Å². The fraction of sp³-hybridized carbons (Fsp3) is 0.467. The number of rotatable bonds is 2. The molecule has 0 saturated heterocycles. The van der Waals surface area contributed by atoms with Crippen LogP contribution in [-0.4, -0.2) is 29.8 Å². The normalized spacial score (nSPS) is 12.4. The van der Waals surface area contributed by atoms with Crippen molar-refractivity contribution in [1.29, 1.82) is 0 Å². The van der Waals surface area contributed by atoms with Gasteiger partial charge in [-0.2, -0.15) is 0 Å². The van der Waals surface area contributed by atoms with Crippen molar-refractivity contribution >= 4 is 17.9 Å². The van der Waals surface area contributed by atoms with Crippen molar-refractivity contribution in [2.24, 2.45) is 0 Å². The van der Waals surface area contributed by atoms with Gasteiger partial charge in [-0.3, -0.25) is 0 Å². The van der Waals surface area contributed by atoms with Crippen molar-refractivity contribution in [2.75, 3.05) is 12.8 Å². The number of imide groups is 1. The highest BCUT2D eigenvalue weighted by molar-refractivity contribution is 5.88. The zero-order chi connectivity index (χ0) is 16.2. The Hall–Kier alpha value is -2.24. The molecule has 0 aromatic heterocycles. The van der Waals surface area contributed by atoms with Crippen LogP contribution in [0, 0.1) is 0 Å². The molecule has 6 nitrogen and oxygen atoms in total. The number of hydrogen-bond donors (Lipinski definition) is 1. The molecule has 1 aromatic carbocycles. The average Bonchev–Trinajstić information content (AvgIpc) is 2.37. The molecule has 0 spiro atoms. The predicted octanol–water partition coefficient (Wildman–Crippen LogP) is 3.33. The molecule has 0 aliphatic rings. The second-order valence-electron chi connectivity index (χ2n) is 5.66. The lowest BCUT2D eigenvalue weighted by Gasteiger charge is -2.29. The van der Waals surface area contributed by atoms with Gasteiger partial charge in [-0.25, -0.2) is 14.5 Å². The van der Waals surface area contributed by atoms with E-state index in [9.17, 15) is 9.59 Å². The van der Waals surface area contributed by atoms with Crippen molar-refractivity contribution < 1.29 is 19.1 Å². The second kappa shape index (κ2) is 6.47. The quantitative estimate of drug-likeness (QED) is 0.846. The van der Waals surface area contributed by atoms with Gasteiger partial charge in [0.15, 0.2) is 0 Å². The van der Waals surface area contributed by atoms with Gasteiger partial charge < -0.3 is 15.2 Å². The van der Waals surface area contributed by atoms with Gasteiger partial charge in [0.2, 0.25) is 0 Å². The van der Waals surface area contributed by atoms with Crippen molar-refractivity contribution in [3.8, 4) is 0 Å². The summed E-state index contributed by atoms with van der Waals surface area (Å²) < 4.78 is 9.93. The van der Waals surface area contributed by atoms with Crippen LogP contribution in [0.4, 0.5) is 15.3 Å². The zero-order valence-electron chi connectivity index (χ0n) is 13.0. The highest BCUT2D eigenvalue weighted by atomic mass is 16.6. The average molecular weight is 294 g/mol. The van der Waals surface area contributed by atoms with E-state index in [0.717, 1.165) is 10.5 Å².